The van der Waals surface area contributed by atoms with Crippen molar-refractivity contribution in [3.8, 4) is 0 Å². The Balaban J connectivity index is 2.80. The van der Waals surface area contributed by atoms with Gasteiger partial charge in [0.2, 0.25) is 0 Å². The summed E-state index contributed by atoms with van der Waals surface area (Å²) in [6.07, 6.45) is 0.733. The molecule has 0 saturated heterocycles. The Morgan fingerprint density at radius 3 is 2.67 bits per heavy atom. The number of amides is 1. The topological polar surface area (TPSA) is 32.3 Å². The molecule has 1 amide bonds. The average Bonchev–Trinajstić information content (AvgIpc) is 2.33. The molecule has 6 heteroatoms. The van der Waals surface area contributed by atoms with Crippen LogP contribution in [0.25, 0.3) is 0 Å². The van der Waals surface area contributed by atoms with Gasteiger partial charge >= 0.3 is 0 Å². The largest absolute Gasteiger partial charge is 0.342 e. The molecule has 0 fully saturated rings. The lowest BCUT2D eigenvalue weighted by atomic mass is 10.1. The molecular formula is C12H15ClF2N2O. The minimum atomic E-state index is -0.813. The predicted octanol–water partition coefficient (Wildman–Crippen LogP) is 2.30. The zero-order valence-electron chi connectivity index (χ0n) is 10.3. The summed E-state index contributed by atoms with van der Waals surface area (Å²) in [5.74, 6) is -2.17. The first kappa shape index (κ1) is 14.9. The van der Waals surface area contributed by atoms with Gasteiger partial charge in [0.25, 0.3) is 5.91 Å². The molecule has 0 aromatic heterocycles. The molecule has 0 heterocycles. The lowest BCUT2D eigenvalue weighted by Gasteiger charge is -2.17. The van der Waals surface area contributed by atoms with Gasteiger partial charge in [0.1, 0.15) is 11.6 Å². The van der Waals surface area contributed by atoms with Crippen molar-refractivity contribution in [3.05, 3.63) is 34.4 Å². The highest BCUT2D eigenvalue weighted by molar-refractivity contribution is 6.30. The molecule has 0 aliphatic carbocycles. The van der Waals surface area contributed by atoms with E-state index < -0.39 is 17.5 Å². The summed E-state index contributed by atoms with van der Waals surface area (Å²) in [4.78, 5) is 13.2. The van der Waals surface area contributed by atoms with E-state index in [0.29, 0.717) is 6.54 Å². The second-order valence-corrected chi connectivity index (χ2v) is 4.34. The number of rotatable bonds is 5. The van der Waals surface area contributed by atoms with Gasteiger partial charge in [-0.1, -0.05) is 11.6 Å². The van der Waals surface area contributed by atoms with Crippen LogP contribution >= 0.6 is 11.6 Å². The number of hydrogen-bond donors (Lipinski definition) is 1. The number of nitrogens with one attached hydrogen (secondary N) is 1. The SMILES string of the molecule is CNCCCN(C)C(=O)c1cc(F)c(Cl)cc1F. The van der Waals surface area contributed by atoms with E-state index in [0.717, 1.165) is 25.1 Å². The van der Waals surface area contributed by atoms with E-state index in [1.165, 1.54) is 4.90 Å². The molecule has 18 heavy (non-hydrogen) atoms. The van der Waals surface area contributed by atoms with Crippen LogP contribution in [0.5, 0.6) is 0 Å². The molecule has 1 rings (SSSR count). The van der Waals surface area contributed by atoms with Crippen LogP contribution in [0.3, 0.4) is 0 Å². The smallest absolute Gasteiger partial charge is 0.256 e. The third-order valence-electron chi connectivity index (χ3n) is 2.51. The summed E-state index contributed by atoms with van der Waals surface area (Å²) >= 11 is 5.42. The summed E-state index contributed by atoms with van der Waals surface area (Å²) in [6.45, 7) is 1.21. The Morgan fingerprint density at radius 1 is 1.39 bits per heavy atom. The van der Waals surface area contributed by atoms with Gasteiger partial charge in [0.05, 0.1) is 10.6 Å². The number of carbonyl (C=O) groups excluding carboxylic acids is 1. The molecule has 0 atom stereocenters. The van der Waals surface area contributed by atoms with Crippen LogP contribution in [0.4, 0.5) is 8.78 Å². The first-order valence-electron chi connectivity index (χ1n) is 5.52. The van der Waals surface area contributed by atoms with Crippen molar-refractivity contribution in [2.75, 3.05) is 27.2 Å². The van der Waals surface area contributed by atoms with Crippen molar-refractivity contribution in [3.63, 3.8) is 0 Å². The zero-order valence-corrected chi connectivity index (χ0v) is 11.0. The normalized spacial score (nSPS) is 10.5. The fraction of sp³-hybridized carbons (Fsp3) is 0.417. The second kappa shape index (κ2) is 6.66. The molecule has 1 N–H and O–H groups in total. The van der Waals surface area contributed by atoms with E-state index in [-0.39, 0.29) is 10.6 Å². The Kier molecular flexibility index (Phi) is 5.50. The van der Waals surface area contributed by atoms with Crippen LogP contribution in [0, 0.1) is 11.6 Å². The Hall–Kier alpha value is -1.20. The summed E-state index contributed by atoms with van der Waals surface area (Å²) < 4.78 is 26.7. The van der Waals surface area contributed by atoms with Crippen LogP contribution in [-0.2, 0) is 0 Å². The van der Waals surface area contributed by atoms with Crippen molar-refractivity contribution in [1.29, 1.82) is 0 Å². The molecule has 0 aliphatic rings. The van der Waals surface area contributed by atoms with Crippen LogP contribution in [0.2, 0.25) is 5.02 Å². The van der Waals surface area contributed by atoms with Gasteiger partial charge < -0.3 is 10.2 Å². The van der Waals surface area contributed by atoms with E-state index in [1.807, 2.05) is 0 Å². The van der Waals surface area contributed by atoms with Crippen LogP contribution in [0.1, 0.15) is 16.8 Å². The van der Waals surface area contributed by atoms with Crippen molar-refractivity contribution < 1.29 is 13.6 Å². The number of benzene rings is 1. The van der Waals surface area contributed by atoms with Gasteiger partial charge in [-0.25, -0.2) is 8.78 Å². The fourth-order valence-corrected chi connectivity index (χ4v) is 1.64. The van der Waals surface area contributed by atoms with E-state index in [9.17, 15) is 13.6 Å². The monoisotopic (exact) mass is 276 g/mol. The maximum Gasteiger partial charge on any atom is 0.256 e. The lowest BCUT2D eigenvalue weighted by Crippen LogP contribution is -2.30. The van der Waals surface area contributed by atoms with Gasteiger partial charge in [-0.2, -0.15) is 0 Å². The van der Waals surface area contributed by atoms with E-state index in [1.54, 1.807) is 14.1 Å². The number of hydrogen-bond acceptors (Lipinski definition) is 2. The number of carbonyl (C=O) groups is 1. The van der Waals surface area contributed by atoms with Gasteiger partial charge in [-0.3, -0.25) is 4.79 Å². The Labute approximate surface area is 110 Å². The third-order valence-corrected chi connectivity index (χ3v) is 2.80. The van der Waals surface area contributed by atoms with Crippen molar-refractivity contribution in [2.24, 2.45) is 0 Å². The fourth-order valence-electron chi connectivity index (χ4n) is 1.49. The highest BCUT2D eigenvalue weighted by Gasteiger charge is 2.18. The van der Waals surface area contributed by atoms with E-state index >= 15 is 0 Å². The molecule has 0 radical (unpaired) electrons. The molecule has 0 saturated carbocycles. The van der Waals surface area contributed by atoms with Gasteiger partial charge in [-0.05, 0) is 32.1 Å². The van der Waals surface area contributed by atoms with Crippen LogP contribution < -0.4 is 5.32 Å². The zero-order chi connectivity index (χ0) is 13.7. The maximum absolute atomic E-state index is 13.5. The predicted molar refractivity (Wildman–Crippen MR) is 66.9 cm³/mol. The maximum atomic E-state index is 13.5. The minimum absolute atomic E-state index is 0.302. The van der Waals surface area contributed by atoms with Crippen molar-refractivity contribution in [2.45, 2.75) is 6.42 Å². The van der Waals surface area contributed by atoms with E-state index in [4.69, 9.17) is 11.6 Å². The second-order valence-electron chi connectivity index (χ2n) is 3.93. The average molecular weight is 277 g/mol. The Morgan fingerprint density at radius 2 is 2.06 bits per heavy atom. The third kappa shape index (κ3) is 3.65. The summed E-state index contributed by atoms with van der Waals surface area (Å²) in [5.41, 5.74) is -0.302. The Bertz CT molecular complexity index is 440. The lowest BCUT2D eigenvalue weighted by molar-refractivity contribution is 0.0788. The standard InChI is InChI=1S/C12H15ClF2N2O/c1-16-4-3-5-17(2)12(18)8-6-11(15)9(13)7-10(8)14/h6-7,16H,3-5H2,1-2H3. The highest BCUT2D eigenvalue weighted by atomic mass is 35.5. The molecule has 0 unspecified atom stereocenters. The summed E-state index contributed by atoms with van der Waals surface area (Å²) in [6, 6.07) is 1.64. The quantitative estimate of drug-likeness (QED) is 0.661. The number of nitrogens with zero attached hydrogens (tertiary/aromatic N) is 1. The summed E-state index contributed by atoms with van der Waals surface area (Å²) in [5, 5.41) is 2.61. The minimum Gasteiger partial charge on any atom is -0.342 e. The molecule has 0 aliphatic heterocycles. The van der Waals surface area contributed by atoms with Crippen LogP contribution in [0.15, 0.2) is 12.1 Å². The van der Waals surface area contributed by atoms with Gasteiger partial charge in [0, 0.05) is 13.6 Å². The van der Waals surface area contributed by atoms with Crippen molar-refractivity contribution >= 4 is 17.5 Å². The molecule has 1 aromatic rings. The summed E-state index contributed by atoms with van der Waals surface area (Å²) in [7, 11) is 3.35. The molecule has 0 spiro atoms. The van der Waals surface area contributed by atoms with Gasteiger partial charge in [0.15, 0.2) is 0 Å². The molecule has 1 aromatic carbocycles. The van der Waals surface area contributed by atoms with Crippen molar-refractivity contribution in [1.82, 2.24) is 10.2 Å². The number of halogens is 3. The van der Waals surface area contributed by atoms with E-state index in [2.05, 4.69) is 5.32 Å². The molecule has 100 valence electrons. The molecular weight excluding hydrogens is 262 g/mol. The highest BCUT2D eigenvalue weighted by Crippen LogP contribution is 2.20. The molecule has 0 bridgehead atoms. The first-order valence-corrected chi connectivity index (χ1v) is 5.89. The first-order chi connectivity index (χ1) is 8.47. The molecule has 3 nitrogen and oxygen atoms in total. The van der Waals surface area contributed by atoms with Crippen LogP contribution in [-0.4, -0.2) is 38.0 Å². The van der Waals surface area contributed by atoms with Gasteiger partial charge in [-0.15, -0.1) is 0 Å².